The van der Waals surface area contributed by atoms with E-state index >= 15 is 0 Å². The summed E-state index contributed by atoms with van der Waals surface area (Å²) in [6.45, 7) is 10.2. The minimum atomic E-state index is -0.0998. The Balaban J connectivity index is 0.000000328. The SMILES string of the molecule is CC(C)c1cccc(C(C)C)c1-c1ccccc1P(C1CCCCC1)C1CCCCC1.NCCc1cccc[c]1[Pd]. The normalized spacial score (nSPS) is 16.7. The molecular formula is C38H53NPPd. The fourth-order valence-electron chi connectivity index (χ4n) is 7.02. The van der Waals surface area contributed by atoms with Gasteiger partial charge in [-0.1, -0.05) is 117 Å². The Labute approximate surface area is 263 Å². The third kappa shape index (κ3) is 8.64. The standard InChI is InChI=1S/C30H43P.C8H10N.Pd/c1-22(2)26-19-13-20-27(23(3)4)30(26)28-18-11-12-21-29(28)31(24-14-7-5-8-15-24)25-16-9-6-10-17-25;9-7-6-8-4-2-1-3-5-8;/h11-13,18-25H,5-10,14-17H2,1-4H3;1-4H,6-7,9H2;. The second kappa shape index (κ2) is 16.5. The first-order valence-electron chi connectivity index (χ1n) is 16.3. The van der Waals surface area contributed by atoms with Crippen molar-refractivity contribution in [1.82, 2.24) is 0 Å². The van der Waals surface area contributed by atoms with E-state index < -0.39 is 0 Å². The molecule has 3 aromatic rings. The molecule has 0 atom stereocenters. The molecule has 0 aromatic heterocycles. The maximum atomic E-state index is 5.41. The van der Waals surface area contributed by atoms with Crippen LogP contribution in [0.15, 0.2) is 66.7 Å². The van der Waals surface area contributed by atoms with Crippen LogP contribution in [0.2, 0.25) is 0 Å². The minimum absolute atomic E-state index is 0.0998. The van der Waals surface area contributed by atoms with Crippen molar-refractivity contribution in [2.24, 2.45) is 5.73 Å². The molecule has 2 N–H and O–H groups in total. The monoisotopic (exact) mass is 660 g/mol. The molecule has 1 nitrogen and oxygen atoms in total. The van der Waals surface area contributed by atoms with Gasteiger partial charge >= 0.3 is 71.8 Å². The Hall–Kier alpha value is -1.29. The summed E-state index contributed by atoms with van der Waals surface area (Å²) in [5.41, 5.74) is 14.8. The van der Waals surface area contributed by atoms with Crippen LogP contribution in [0.1, 0.15) is 120 Å². The maximum absolute atomic E-state index is 5.41. The first kappa shape index (κ1) is 32.6. The van der Waals surface area contributed by atoms with Gasteiger partial charge in [0.25, 0.3) is 0 Å². The van der Waals surface area contributed by atoms with Crippen LogP contribution in [-0.4, -0.2) is 17.9 Å². The van der Waals surface area contributed by atoms with Crippen molar-refractivity contribution >= 4 is 17.3 Å². The third-order valence-corrected chi connectivity index (χ3v) is 13.4. The molecule has 2 saturated carbocycles. The van der Waals surface area contributed by atoms with E-state index in [-0.39, 0.29) is 7.92 Å². The summed E-state index contributed by atoms with van der Waals surface area (Å²) in [6, 6.07) is 24.9. The number of hydrogen-bond donors (Lipinski definition) is 1. The van der Waals surface area contributed by atoms with Crippen LogP contribution in [0.3, 0.4) is 0 Å². The van der Waals surface area contributed by atoms with Crippen LogP contribution in [-0.2, 0) is 25.6 Å². The van der Waals surface area contributed by atoms with E-state index in [0.717, 1.165) is 17.7 Å². The fourth-order valence-corrected chi connectivity index (χ4v) is 11.4. The van der Waals surface area contributed by atoms with E-state index in [9.17, 15) is 0 Å². The van der Waals surface area contributed by atoms with Crippen molar-refractivity contribution in [2.45, 2.75) is 121 Å². The van der Waals surface area contributed by atoms with Gasteiger partial charge < -0.3 is 0 Å². The van der Waals surface area contributed by atoms with Crippen molar-refractivity contribution < 1.29 is 19.2 Å². The average molecular weight is 661 g/mol. The van der Waals surface area contributed by atoms with E-state index in [2.05, 4.69) is 95.4 Å². The predicted molar refractivity (Wildman–Crippen MR) is 179 cm³/mol. The van der Waals surface area contributed by atoms with Gasteiger partial charge in [0.2, 0.25) is 0 Å². The van der Waals surface area contributed by atoms with E-state index in [1.54, 1.807) is 27.6 Å². The molecule has 0 spiro atoms. The predicted octanol–water partition coefficient (Wildman–Crippen LogP) is 9.73. The Morgan fingerprint density at radius 2 is 1.20 bits per heavy atom. The topological polar surface area (TPSA) is 26.0 Å². The average Bonchev–Trinajstić information content (AvgIpc) is 3.00. The molecule has 2 aliphatic carbocycles. The molecule has 0 bridgehead atoms. The van der Waals surface area contributed by atoms with Gasteiger partial charge in [-0.3, -0.25) is 0 Å². The molecule has 41 heavy (non-hydrogen) atoms. The number of nitrogens with two attached hydrogens (primary N) is 1. The zero-order valence-electron chi connectivity index (χ0n) is 26.0. The third-order valence-electron chi connectivity index (χ3n) is 9.10. The molecule has 0 heterocycles. The molecule has 3 aromatic carbocycles. The van der Waals surface area contributed by atoms with Crippen molar-refractivity contribution in [3.8, 4) is 11.1 Å². The van der Waals surface area contributed by atoms with Crippen LogP contribution < -0.4 is 15.1 Å². The number of benzene rings is 3. The summed E-state index contributed by atoms with van der Waals surface area (Å²) in [5, 5.41) is 1.74. The molecule has 0 radical (unpaired) electrons. The Morgan fingerprint density at radius 1 is 0.683 bits per heavy atom. The summed E-state index contributed by atoms with van der Waals surface area (Å²) in [4.78, 5) is 0. The van der Waals surface area contributed by atoms with Crippen molar-refractivity contribution in [3.05, 3.63) is 83.4 Å². The quantitative estimate of drug-likeness (QED) is 0.189. The van der Waals surface area contributed by atoms with E-state index in [0.29, 0.717) is 18.4 Å². The molecule has 225 valence electrons. The molecule has 5 rings (SSSR count). The van der Waals surface area contributed by atoms with Gasteiger partial charge in [0.05, 0.1) is 0 Å². The first-order chi connectivity index (χ1) is 19.9. The van der Waals surface area contributed by atoms with E-state index in [4.69, 9.17) is 5.73 Å². The van der Waals surface area contributed by atoms with Crippen molar-refractivity contribution in [3.63, 3.8) is 0 Å². The fraction of sp³-hybridized carbons (Fsp3) is 0.526. The Morgan fingerprint density at radius 3 is 1.71 bits per heavy atom. The second-order valence-corrected chi connectivity index (χ2v) is 16.3. The van der Waals surface area contributed by atoms with Gasteiger partial charge in [-0.05, 0) is 76.4 Å². The molecule has 0 unspecified atom stereocenters. The molecule has 0 amide bonds. The van der Waals surface area contributed by atoms with E-state index in [1.165, 1.54) is 73.8 Å². The molecule has 0 saturated heterocycles. The van der Waals surface area contributed by atoms with Crippen LogP contribution in [0.5, 0.6) is 0 Å². The molecule has 2 fully saturated rings. The van der Waals surface area contributed by atoms with Crippen LogP contribution in [0.4, 0.5) is 0 Å². The second-order valence-electron chi connectivity index (χ2n) is 12.7. The van der Waals surface area contributed by atoms with Crippen molar-refractivity contribution in [1.29, 1.82) is 0 Å². The molecular weight excluding hydrogens is 608 g/mol. The van der Waals surface area contributed by atoms with Gasteiger partial charge in [-0.15, -0.1) is 0 Å². The summed E-state index contributed by atoms with van der Waals surface area (Å²) < 4.78 is 1.19. The summed E-state index contributed by atoms with van der Waals surface area (Å²) >= 11 is 3.18. The van der Waals surface area contributed by atoms with Gasteiger partial charge in [0.1, 0.15) is 0 Å². The zero-order valence-corrected chi connectivity index (χ0v) is 28.4. The van der Waals surface area contributed by atoms with E-state index in [1.807, 2.05) is 18.2 Å². The summed E-state index contributed by atoms with van der Waals surface area (Å²) in [7, 11) is -0.0998. The van der Waals surface area contributed by atoms with Gasteiger partial charge in [0.15, 0.2) is 0 Å². The molecule has 2 aliphatic rings. The Kier molecular flexibility index (Phi) is 13.2. The van der Waals surface area contributed by atoms with Gasteiger partial charge in [-0.25, -0.2) is 0 Å². The van der Waals surface area contributed by atoms with Crippen LogP contribution in [0, 0.1) is 0 Å². The summed E-state index contributed by atoms with van der Waals surface area (Å²) in [6.07, 6.45) is 15.6. The first-order valence-corrected chi connectivity index (χ1v) is 18.6. The summed E-state index contributed by atoms with van der Waals surface area (Å²) in [5.74, 6) is 1.11. The van der Waals surface area contributed by atoms with Crippen molar-refractivity contribution in [2.75, 3.05) is 6.54 Å². The Bertz CT molecular complexity index is 1160. The zero-order chi connectivity index (χ0) is 29.2. The number of rotatable bonds is 8. The van der Waals surface area contributed by atoms with Gasteiger partial charge in [-0.2, -0.15) is 0 Å². The van der Waals surface area contributed by atoms with Gasteiger partial charge in [0, 0.05) is 0 Å². The van der Waals surface area contributed by atoms with Crippen LogP contribution in [0.25, 0.3) is 11.1 Å². The number of hydrogen-bond acceptors (Lipinski definition) is 1. The van der Waals surface area contributed by atoms with Crippen LogP contribution >= 0.6 is 7.92 Å². The molecule has 3 heteroatoms. The molecule has 0 aliphatic heterocycles.